The molecule has 0 aromatic heterocycles. The van der Waals surface area contributed by atoms with Crippen molar-refractivity contribution >= 4 is 17.7 Å². The summed E-state index contributed by atoms with van der Waals surface area (Å²) >= 11 is 1.85. The second kappa shape index (κ2) is 8.98. The standard InChI is InChI=1S/C17H25NO2S/c1-20-16-10-8-15(9-11-16)6-4-2-3-5-7-17(19)18-12-13-21-14-18/h8-11H,2-7,12-14H2,1H3. The minimum atomic E-state index is 0.343. The Morgan fingerprint density at radius 2 is 1.95 bits per heavy atom. The Hall–Kier alpha value is -1.16. The minimum Gasteiger partial charge on any atom is -0.497 e. The van der Waals surface area contributed by atoms with Crippen LogP contribution in [-0.2, 0) is 11.2 Å². The highest BCUT2D eigenvalue weighted by molar-refractivity contribution is 7.99. The third kappa shape index (κ3) is 5.62. The molecule has 1 aliphatic rings. The van der Waals surface area contributed by atoms with Crippen molar-refractivity contribution in [2.45, 2.75) is 38.5 Å². The molecule has 0 saturated carbocycles. The molecule has 0 atom stereocenters. The monoisotopic (exact) mass is 307 g/mol. The van der Waals surface area contributed by atoms with E-state index in [1.807, 2.05) is 28.8 Å². The largest absolute Gasteiger partial charge is 0.497 e. The smallest absolute Gasteiger partial charge is 0.223 e. The van der Waals surface area contributed by atoms with E-state index in [9.17, 15) is 4.79 Å². The van der Waals surface area contributed by atoms with Crippen LogP contribution in [0.4, 0.5) is 0 Å². The Balaban J connectivity index is 1.52. The van der Waals surface area contributed by atoms with Crippen LogP contribution in [0.2, 0.25) is 0 Å². The lowest BCUT2D eigenvalue weighted by Crippen LogP contribution is -2.27. The highest BCUT2D eigenvalue weighted by Gasteiger charge is 2.17. The van der Waals surface area contributed by atoms with Crippen molar-refractivity contribution in [2.75, 3.05) is 25.3 Å². The van der Waals surface area contributed by atoms with Crippen molar-refractivity contribution < 1.29 is 9.53 Å². The van der Waals surface area contributed by atoms with Gasteiger partial charge in [-0.05, 0) is 37.0 Å². The molecule has 1 aromatic carbocycles. The summed E-state index contributed by atoms with van der Waals surface area (Å²) in [6, 6.07) is 8.30. The number of ether oxygens (including phenoxy) is 1. The molecule has 116 valence electrons. The van der Waals surface area contributed by atoms with Crippen molar-refractivity contribution in [3.63, 3.8) is 0 Å². The van der Waals surface area contributed by atoms with E-state index in [-0.39, 0.29) is 0 Å². The van der Waals surface area contributed by atoms with Crippen molar-refractivity contribution in [3.05, 3.63) is 29.8 Å². The maximum absolute atomic E-state index is 11.9. The summed E-state index contributed by atoms with van der Waals surface area (Å²) in [5.41, 5.74) is 1.36. The van der Waals surface area contributed by atoms with Gasteiger partial charge in [-0.25, -0.2) is 0 Å². The molecular weight excluding hydrogens is 282 g/mol. The second-order valence-electron chi connectivity index (χ2n) is 5.46. The highest BCUT2D eigenvalue weighted by atomic mass is 32.2. The normalized spacial score (nSPS) is 14.4. The Bertz CT molecular complexity index is 427. The summed E-state index contributed by atoms with van der Waals surface area (Å²) in [6.07, 6.45) is 6.42. The van der Waals surface area contributed by atoms with E-state index in [1.54, 1.807) is 7.11 Å². The first-order valence-corrected chi connectivity index (χ1v) is 8.93. The van der Waals surface area contributed by atoms with E-state index >= 15 is 0 Å². The van der Waals surface area contributed by atoms with Crippen LogP contribution in [0.1, 0.15) is 37.7 Å². The Kier molecular flexibility index (Phi) is 6.93. The Morgan fingerprint density at radius 1 is 1.19 bits per heavy atom. The number of aryl methyl sites for hydroxylation is 1. The lowest BCUT2D eigenvalue weighted by Gasteiger charge is -2.13. The molecule has 3 nitrogen and oxygen atoms in total. The van der Waals surface area contributed by atoms with Gasteiger partial charge in [0.2, 0.25) is 5.91 Å². The van der Waals surface area contributed by atoms with Crippen LogP contribution in [-0.4, -0.2) is 36.1 Å². The molecule has 1 aliphatic heterocycles. The number of benzene rings is 1. The quantitative estimate of drug-likeness (QED) is 0.686. The van der Waals surface area contributed by atoms with Crippen molar-refractivity contribution in [3.8, 4) is 5.75 Å². The molecule has 0 bridgehead atoms. The molecule has 1 fully saturated rings. The number of carbonyl (C=O) groups is 1. The third-order valence-electron chi connectivity index (χ3n) is 3.87. The molecule has 1 heterocycles. The zero-order valence-electron chi connectivity index (χ0n) is 12.8. The topological polar surface area (TPSA) is 29.5 Å². The van der Waals surface area contributed by atoms with E-state index < -0.39 is 0 Å². The number of hydrogen-bond donors (Lipinski definition) is 0. The van der Waals surface area contributed by atoms with Crippen molar-refractivity contribution in [2.24, 2.45) is 0 Å². The Labute approximate surface area is 132 Å². The zero-order valence-corrected chi connectivity index (χ0v) is 13.7. The van der Waals surface area contributed by atoms with Gasteiger partial charge in [0, 0.05) is 18.7 Å². The third-order valence-corrected chi connectivity index (χ3v) is 4.84. The summed E-state index contributed by atoms with van der Waals surface area (Å²) in [4.78, 5) is 13.8. The first kappa shape index (κ1) is 16.2. The van der Waals surface area contributed by atoms with E-state index in [0.29, 0.717) is 5.91 Å². The van der Waals surface area contributed by atoms with Crippen molar-refractivity contribution in [1.82, 2.24) is 4.90 Å². The van der Waals surface area contributed by atoms with Gasteiger partial charge in [0.1, 0.15) is 5.75 Å². The van der Waals surface area contributed by atoms with Gasteiger partial charge in [0.05, 0.1) is 13.0 Å². The number of rotatable bonds is 8. The number of hydrogen-bond acceptors (Lipinski definition) is 3. The number of amides is 1. The molecule has 2 rings (SSSR count). The van der Waals surface area contributed by atoms with E-state index in [0.717, 1.165) is 49.6 Å². The van der Waals surface area contributed by atoms with E-state index in [1.165, 1.54) is 18.4 Å². The zero-order chi connectivity index (χ0) is 14.9. The first-order valence-electron chi connectivity index (χ1n) is 7.78. The number of carbonyl (C=O) groups excluding carboxylic acids is 1. The van der Waals surface area contributed by atoms with Gasteiger partial charge in [0.25, 0.3) is 0 Å². The summed E-state index contributed by atoms with van der Waals surface area (Å²) in [5.74, 6) is 3.26. The summed E-state index contributed by atoms with van der Waals surface area (Å²) in [6.45, 7) is 0.945. The lowest BCUT2D eigenvalue weighted by atomic mass is 10.1. The predicted molar refractivity (Wildman–Crippen MR) is 88.8 cm³/mol. The fraction of sp³-hybridized carbons (Fsp3) is 0.588. The molecule has 1 amide bonds. The maximum Gasteiger partial charge on any atom is 0.223 e. The number of methoxy groups -OCH3 is 1. The van der Waals surface area contributed by atoms with Crippen LogP contribution in [0.3, 0.4) is 0 Å². The fourth-order valence-electron chi connectivity index (χ4n) is 2.52. The molecule has 21 heavy (non-hydrogen) atoms. The Morgan fingerprint density at radius 3 is 2.62 bits per heavy atom. The summed E-state index contributed by atoms with van der Waals surface area (Å²) in [5, 5.41) is 0. The highest BCUT2D eigenvalue weighted by Crippen LogP contribution is 2.17. The SMILES string of the molecule is COc1ccc(CCCCCCC(=O)N2CCSC2)cc1. The van der Waals surface area contributed by atoms with Gasteiger partial charge in [0.15, 0.2) is 0 Å². The van der Waals surface area contributed by atoms with Crippen molar-refractivity contribution in [1.29, 1.82) is 0 Å². The van der Waals surface area contributed by atoms with Crippen LogP contribution in [0.25, 0.3) is 0 Å². The average molecular weight is 307 g/mol. The molecule has 0 unspecified atom stereocenters. The van der Waals surface area contributed by atoms with Crippen LogP contribution in [0, 0.1) is 0 Å². The molecule has 1 saturated heterocycles. The van der Waals surface area contributed by atoms with E-state index in [2.05, 4.69) is 12.1 Å². The molecule has 1 aromatic rings. The van der Waals surface area contributed by atoms with Gasteiger partial charge < -0.3 is 9.64 Å². The number of thioether (sulfide) groups is 1. The van der Waals surface area contributed by atoms with Crippen LogP contribution < -0.4 is 4.74 Å². The van der Waals surface area contributed by atoms with Crippen LogP contribution in [0.5, 0.6) is 5.75 Å². The minimum absolute atomic E-state index is 0.343. The first-order chi connectivity index (χ1) is 10.3. The van der Waals surface area contributed by atoms with E-state index in [4.69, 9.17) is 4.74 Å². The number of unbranched alkanes of at least 4 members (excludes halogenated alkanes) is 3. The summed E-state index contributed by atoms with van der Waals surface area (Å²) < 4.78 is 5.15. The molecular formula is C17H25NO2S. The molecule has 0 N–H and O–H groups in total. The van der Waals surface area contributed by atoms with Crippen LogP contribution in [0.15, 0.2) is 24.3 Å². The summed E-state index contributed by atoms with van der Waals surface area (Å²) in [7, 11) is 1.69. The molecule has 0 aliphatic carbocycles. The van der Waals surface area contributed by atoms with Gasteiger partial charge in [-0.1, -0.05) is 25.0 Å². The van der Waals surface area contributed by atoms with Crippen LogP contribution >= 0.6 is 11.8 Å². The van der Waals surface area contributed by atoms with Gasteiger partial charge in [-0.3, -0.25) is 4.79 Å². The predicted octanol–water partition coefficient (Wildman–Crippen LogP) is 3.72. The average Bonchev–Trinajstić information content (AvgIpc) is 3.05. The fourth-order valence-corrected chi connectivity index (χ4v) is 3.49. The second-order valence-corrected chi connectivity index (χ2v) is 6.53. The molecule has 0 spiro atoms. The lowest BCUT2D eigenvalue weighted by molar-refractivity contribution is -0.129. The molecule has 0 radical (unpaired) electrons. The number of nitrogens with zero attached hydrogens (tertiary/aromatic N) is 1. The van der Waals surface area contributed by atoms with Gasteiger partial charge in [-0.15, -0.1) is 11.8 Å². The molecule has 4 heteroatoms. The van der Waals surface area contributed by atoms with Gasteiger partial charge >= 0.3 is 0 Å². The van der Waals surface area contributed by atoms with Gasteiger partial charge in [-0.2, -0.15) is 0 Å². The maximum atomic E-state index is 11.9.